The van der Waals surface area contributed by atoms with Crippen LogP contribution in [0.5, 0.6) is 0 Å². The van der Waals surface area contributed by atoms with Crippen molar-refractivity contribution < 1.29 is 4.79 Å². The number of nitriles is 1. The smallest absolute Gasteiger partial charge is 0.146 e. The lowest BCUT2D eigenvalue weighted by atomic mass is 10.1. The molecule has 0 amide bonds. The van der Waals surface area contributed by atoms with Crippen LogP contribution in [0, 0.1) is 11.3 Å². The predicted molar refractivity (Wildman–Crippen MR) is 59.6 cm³/mol. The van der Waals surface area contributed by atoms with Gasteiger partial charge in [0, 0.05) is 11.4 Å². The number of rotatable bonds is 5. The quantitative estimate of drug-likeness (QED) is 0.767. The van der Waals surface area contributed by atoms with Crippen molar-refractivity contribution in [2.24, 2.45) is 0 Å². The lowest BCUT2D eigenvalue weighted by Crippen LogP contribution is -1.97. The van der Waals surface area contributed by atoms with Crippen molar-refractivity contribution in [1.82, 2.24) is 0 Å². The highest BCUT2D eigenvalue weighted by Crippen LogP contribution is 2.13. The minimum absolute atomic E-state index is 0.0135. The largest absolute Gasteiger partial charge is 0.299 e. The van der Waals surface area contributed by atoms with Crippen LogP contribution in [0.25, 0.3) is 0 Å². The molecule has 3 heteroatoms. The average Bonchev–Trinajstić information content (AvgIpc) is 2.18. The number of hydrogen-bond donors (Lipinski definition) is 0. The zero-order chi connectivity index (χ0) is 11.1. The van der Waals surface area contributed by atoms with E-state index >= 15 is 0 Å². The standard InChI is InChI=1S/C12H12ClNO/c13-11-5-1-3-10(9-11)4-2-6-12(15)7-8-14/h1,3,5,9H,2,4,6-7H2. The SMILES string of the molecule is N#CCC(=O)CCCc1cccc(Cl)c1. The van der Waals surface area contributed by atoms with Gasteiger partial charge in [0.15, 0.2) is 0 Å². The Balaban J connectivity index is 2.32. The molecule has 0 heterocycles. The Morgan fingerprint density at radius 3 is 2.93 bits per heavy atom. The molecule has 0 unspecified atom stereocenters. The van der Waals surface area contributed by atoms with E-state index in [1.807, 2.05) is 30.3 Å². The molecule has 1 aromatic carbocycles. The first-order chi connectivity index (χ1) is 7.22. The van der Waals surface area contributed by atoms with Crippen LogP contribution in [0.4, 0.5) is 0 Å². The maximum atomic E-state index is 11.1. The molecule has 15 heavy (non-hydrogen) atoms. The molecule has 0 aliphatic carbocycles. The molecule has 0 spiro atoms. The molecule has 1 rings (SSSR count). The van der Waals surface area contributed by atoms with E-state index in [0.717, 1.165) is 23.4 Å². The Bertz CT molecular complexity index is 381. The fourth-order valence-corrected chi connectivity index (χ4v) is 1.57. The summed E-state index contributed by atoms with van der Waals surface area (Å²) < 4.78 is 0. The summed E-state index contributed by atoms with van der Waals surface area (Å²) in [5.41, 5.74) is 1.13. The highest BCUT2D eigenvalue weighted by atomic mass is 35.5. The van der Waals surface area contributed by atoms with Crippen molar-refractivity contribution in [3.8, 4) is 6.07 Å². The van der Waals surface area contributed by atoms with Crippen LogP contribution in [-0.4, -0.2) is 5.78 Å². The number of benzene rings is 1. The van der Waals surface area contributed by atoms with Gasteiger partial charge in [-0.2, -0.15) is 5.26 Å². The van der Waals surface area contributed by atoms with E-state index in [1.54, 1.807) is 0 Å². The van der Waals surface area contributed by atoms with Gasteiger partial charge in [0.25, 0.3) is 0 Å². The zero-order valence-electron chi connectivity index (χ0n) is 8.37. The first kappa shape index (κ1) is 11.7. The van der Waals surface area contributed by atoms with E-state index in [2.05, 4.69) is 0 Å². The number of ketones is 1. The van der Waals surface area contributed by atoms with Gasteiger partial charge < -0.3 is 0 Å². The van der Waals surface area contributed by atoms with Crippen molar-refractivity contribution in [1.29, 1.82) is 5.26 Å². The molecule has 0 aromatic heterocycles. The van der Waals surface area contributed by atoms with Crippen molar-refractivity contribution >= 4 is 17.4 Å². The lowest BCUT2D eigenvalue weighted by molar-refractivity contribution is -0.118. The molecule has 0 aliphatic rings. The number of carbonyl (C=O) groups excluding carboxylic acids is 1. The molecule has 0 atom stereocenters. The molecule has 0 aliphatic heterocycles. The number of carbonyl (C=O) groups is 1. The predicted octanol–water partition coefficient (Wildman–Crippen LogP) is 3.15. The van der Waals surface area contributed by atoms with Gasteiger partial charge in [0.1, 0.15) is 5.78 Å². The van der Waals surface area contributed by atoms with E-state index < -0.39 is 0 Å². The van der Waals surface area contributed by atoms with Gasteiger partial charge in [-0.25, -0.2) is 0 Å². The van der Waals surface area contributed by atoms with Gasteiger partial charge >= 0.3 is 0 Å². The minimum atomic E-state index is 0.0135. The molecule has 0 N–H and O–H groups in total. The van der Waals surface area contributed by atoms with Crippen molar-refractivity contribution in [2.75, 3.05) is 0 Å². The summed E-state index contributed by atoms with van der Waals surface area (Å²) in [5, 5.41) is 9.02. The third-order valence-corrected chi connectivity index (χ3v) is 2.32. The van der Waals surface area contributed by atoms with Crippen LogP contribution >= 0.6 is 11.6 Å². The van der Waals surface area contributed by atoms with Crippen LogP contribution in [0.1, 0.15) is 24.8 Å². The van der Waals surface area contributed by atoms with Gasteiger partial charge in [-0.3, -0.25) is 4.79 Å². The Kier molecular flexibility index (Phi) is 4.86. The molecule has 0 bridgehead atoms. The summed E-state index contributed by atoms with van der Waals surface area (Å²) in [6, 6.07) is 9.46. The Labute approximate surface area is 94.5 Å². The number of Topliss-reactive ketones (excluding diaryl/α,β-unsaturated/α-hetero) is 1. The normalized spacial score (nSPS) is 9.60. The maximum absolute atomic E-state index is 11.1. The third kappa shape index (κ3) is 4.62. The summed E-state index contributed by atoms with van der Waals surface area (Å²) in [6.45, 7) is 0. The van der Waals surface area contributed by atoms with Crippen LogP contribution in [0.15, 0.2) is 24.3 Å². The first-order valence-electron chi connectivity index (χ1n) is 4.85. The second-order valence-corrected chi connectivity index (χ2v) is 3.79. The van der Waals surface area contributed by atoms with Crippen LogP contribution < -0.4 is 0 Å². The molecule has 0 saturated heterocycles. The molecule has 0 fully saturated rings. The molecular weight excluding hydrogens is 210 g/mol. The third-order valence-electron chi connectivity index (χ3n) is 2.09. The van der Waals surface area contributed by atoms with Crippen molar-refractivity contribution in [2.45, 2.75) is 25.7 Å². The number of aryl methyl sites for hydroxylation is 1. The highest BCUT2D eigenvalue weighted by Gasteiger charge is 2.01. The Hall–Kier alpha value is -1.33. The Morgan fingerprint density at radius 1 is 1.47 bits per heavy atom. The van der Waals surface area contributed by atoms with Crippen molar-refractivity contribution in [3.63, 3.8) is 0 Å². The molecule has 0 saturated carbocycles. The van der Waals surface area contributed by atoms with Crippen LogP contribution in [0.2, 0.25) is 5.02 Å². The molecular formula is C12H12ClNO. The van der Waals surface area contributed by atoms with Gasteiger partial charge in [-0.05, 0) is 30.5 Å². The fourth-order valence-electron chi connectivity index (χ4n) is 1.36. The lowest BCUT2D eigenvalue weighted by Gasteiger charge is -2.00. The number of nitrogens with zero attached hydrogens (tertiary/aromatic N) is 1. The van der Waals surface area contributed by atoms with Gasteiger partial charge in [-0.15, -0.1) is 0 Å². The molecule has 1 aromatic rings. The zero-order valence-corrected chi connectivity index (χ0v) is 9.13. The second-order valence-electron chi connectivity index (χ2n) is 3.36. The van der Waals surface area contributed by atoms with Gasteiger partial charge in [0.05, 0.1) is 12.5 Å². The van der Waals surface area contributed by atoms with Crippen LogP contribution in [0.3, 0.4) is 0 Å². The average molecular weight is 222 g/mol. The minimum Gasteiger partial charge on any atom is -0.299 e. The molecule has 0 radical (unpaired) electrons. The number of halogens is 1. The Morgan fingerprint density at radius 2 is 2.27 bits per heavy atom. The van der Waals surface area contributed by atoms with E-state index in [-0.39, 0.29) is 12.2 Å². The number of hydrogen-bond acceptors (Lipinski definition) is 2. The summed E-state index contributed by atoms with van der Waals surface area (Å²) in [5.74, 6) is 0.0135. The molecule has 2 nitrogen and oxygen atoms in total. The van der Waals surface area contributed by atoms with Gasteiger partial charge in [-0.1, -0.05) is 23.7 Å². The summed E-state index contributed by atoms with van der Waals surface area (Å²) in [6.07, 6.45) is 2.11. The highest BCUT2D eigenvalue weighted by molar-refractivity contribution is 6.30. The topological polar surface area (TPSA) is 40.9 Å². The van der Waals surface area contributed by atoms with E-state index in [1.165, 1.54) is 0 Å². The summed E-state index contributed by atoms with van der Waals surface area (Å²) in [7, 11) is 0. The van der Waals surface area contributed by atoms with E-state index in [4.69, 9.17) is 16.9 Å². The summed E-state index contributed by atoms with van der Waals surface area (Å²) in [4.78, 5) is 11.1. The fraction of sp³-hybridized carbons (Fsp3) is 0.333. The monoisotopic (exact) mass is 221 g/mol. The summed E-state index contributed by atoms with van der Waals surface area (Å²) >= 11 is 5.83. The maximum Gasteiger partial charge on any atom is 0.146 e. The molecule has 78 valence electrons. The van der Waals surface area contributed by atoms with Crippen molar-refractivity contribution in [3.05, 3.63) is 34.9 Å². The first-order valence-corrected chi connectivity index (χ1v) is 5.23. The van der Waals surface area contributed by atoms with Gasteiger partial charge in [0.2, 0.25) is 0 Å². The van der Waals surface area contributed by atoms with Crippen LogP contribution in [-0.2, 0) is 11.2 Å². The van der Waals surface area contributed by atoms with E-state index in [0.29, 0.717) is 6.42 Å². The second kappa shape index (κ2) is 6.21. The van der Waals surface area contributed by atoms with E-state index in [9.17, 15) is 4.79 Å².